The van der Waals surface area contributed by atoms with Crippen molar-refractivity contribution in [1.82, 2.24) is 30.5 Å². The third-order valence-electron chi connectivity index (χ3n) is 3.74. The minimum Gasteiger partial charge on any atom is -0.486 e. The first kappa shape index (κ1) is 17.5. The van der Waals surface area contributed by atoms with Crippen molar-refractivity contribution in [2.45, 2.75) is 33.0 Å². The third kappa shape index (κ3) is 4.41. The van der Waals surface area contributed by atoms with Crippen molar-refractivity contribution in [2.24, 2.45) is 0 Å². The van der Waals surface area contributed by atoms with Gasteiger partial charge >= 0.3 is 0 Å². The van der Waals surface area contributed by atoms with E-state index in [4.69, 9.17) is 4.74 Å². The van der Waals surface area contributed by atoms with Gasteiger partial charge in [0.25, 0.3) is 5.91 Å². The van der Waals surface area contributed by atoms with Crippen LogP contribution in [0.4, 0.5) is 0 Å². The summed E-state index contributed by atoms with van der Waals surface area (Å²) in [7, 11) is 0. The van der Waals surface area contributed by atoms with E-state index in [1.165, 1.54) is 0 Å². The van der Waals surface area contributed by atoms with Crippen LogP contribution in [-0.2, 0) is 13.2 Å². The van der Waals surface area contributed by atoms with Gasteiger partial charge in [-0.05, 0) is 66.2 Å². The fourth-order valence-corrected chi connectivity index (χ4v) is 2.34. The van der Waals surface area contributed by atoms with E-state index in [1.54, 1.807) is 41.3 Å². The number of tetrazole rings is 1. The summed E-state index contributed by atoms with van der Waals surface area (Å²) in [6.07, 6.45) is 3.40. The number of carbonyl (C=O) groups excluding carboxylic acids is 1. The molecular weight excluding hydrogens is 332 g/mol. The Bertz CT molecular complexity index is 846. The summed E-state index contributed by atoms with van der Waals surface area (Å²) < 4.78 is 7.41. The van der Waals surface area contributed by atoms with Crippen molar-refractivity contribution in [3.8, 4) is 5.75 Å². The Kier molecular flexibility index (Phi) is 5.52. The molecule has 8 nitrogen and oxygen atoms in total. The van der Waals surface area contributed by atoms with E-state index in [9.17, 15) is 4.79 Å². The first-order chi connectivity index (χ1) is 12.6. The molecule has 3 rings (SSSR count). The van der Waals surface area contributed by atoms with Crippen LogP contribution >= 0.6 is 0 Å². The second-order valence-electron chi connectivity index (χ2n) is 5.98. The van der Waals surface area contributed by atoms with Gasteiger partial charge in [0.1, 0.15) is 12.4 Å². The molecule has 0 atom stereocenters. The molecule has 0 aliphatic carbocycles. The van der Waals surface area contributed by atoms with Gasteiger partial charge in [-0.3, -0.25) is 9.78 Å². The normalized spacial score (nSPS) is 10.7. The molecule has 0 spiro atoms. The lowest BCUT2D eigenvalue weighted by Gasteiger charge is -2.10. The number of hydrogen-bond acceptors (Lipinski definition) is 6. The molecule has 2 heterocycles. The number of aromatic nitrogens is 5. The van der Waals surface area contributed by atoms with Crippen LogP contribution < -0.4 is 10.1 Å². The van der Waals surface area contributed by atoms with Crippen molar-refractivity contribution in [1.29, 1.82) is 0 Å². The molecule has 1 N–H and O–H groups in total. The molecule has 1 amide bonds. The molecular formula is C18H20N6O2. The predicted molar refractivity (Wildman–Crippen MR) is 94.4 cm³/mol. The number of amides is 1. The van der Waals surface area contributed by atoms with Crippen LogP contribution in [0.5, 0.6) is 5.75 Å². The van der Waals surface area contributed by atoms with Gasteiger partial charge in [0.2, 0.25) is 0 Å². The molecule has 0 aliphatic heterocycles. The highest BCUT2D eigenvalue weighted by molar-refractivity contribution is 5.94. The standard InChI is InChI=1S/C18H20N6O2/c1-13(2)24-17(21-22-23-24)12-26-16-5-3-15(4-6-16)18(25)20-11-14-7-9-19-10-8-14/h3-10,13H,11-12H2,1-2H3,(H,20,25). The Morgan fingerprint density at radius 3 is 2.58 bits per heavy atom. The van der Waals surface area contributed by atoms with Crippen molar-refractivity contribution in [3.05, 3.63) is 65.7 Å². The van der Waals surface area contributed by atoms with Crippen LogP contribution in [0.3, 0.4) is 0 Å². The van der Waals surface area contributed by atoms with Gasteiger partial charge in [0, 0.05) is 24.5 Å². The summed E-state index contributed by atoms with van der Waals surface area (Å²) >= 11 is 0. The molecule has 134 valence electrons. The Morgan fingerprint density at radius 2 is 1.88 bits per heavy atom. The quantitative estimate of drug-likeness (QED) is 0.700. The van der Waals surface area contributed by atoms with Gasteiger partial charge in [0.05, 0.1) is 6.04 Å². The summed E-state index contributed by atoms with van der Waals surface area (Å²) in [6.45, 7) is 4.72. The van der Waals surface area contributed by atoms with Crippen LogP contribution in [0, 0.1) is 0 Å². The molecule has 3 aromatic rings. The van der Waals surface area contributed by atoms with E-state index in [1.807, 2.05) is 26.0 Å². The van der Waals surface area contributed by atoms with Crippen LogP contribution in [0.1, 0.15) is 41.6 Å². The van der Waals surface area contributed by atoms with E-state index >= 15 is 0 Å². The summed E-state index contributed by atoms with van der Waals surface area (Å²) in [5.74, 6) is 1.16. The maximum atomic E-state index is 12.2. The third-order valence-corrected chi connectivity index (χ3v) is 3.74. The number of pyridine rings is 1. The summed E-state index contributed by atoms with van der Waals surface area (Å²) in [4.78, 5) is 16.1. The lowest BCUT2D eigenvalue weighted by atomic mass is 10.2. The number of rotatable bonds is 7. The average molecular weight is 352 g/mol. The predicted octanol–water partition coefficient (Wildman–Crippen LogP) is 2.16. The van der Waals surface area contributed by atoms with Crippen LogP contribution in [0.2, 0.25) is 0 Å². The van der Waals surface area contributed by atoms with E-state index in [-0.39, 0.29) is 18.6 Å². The Labute approximate surface area is 151 Å². The number of ether oxygens (including phenoxy) is 1. The SMILES string of the molecule is CC(C)n1nnnc1COc1ccc(C(=O)NCc2ccncc2)cc1. The molecule has 0 unspecified atom stereocenters. The van der Waals surface area contributed by atoms with Gasteiger partial charge in [-0.2, -0.15) is 0 Å². The fourth-order valence-electron chi connectivity index (χ4n) is 2.34. The van der Waals surface area contributed by atoms with Gasteiger partial charge in [-0.25, -0.2) is 4.68 Å². The van der Waals surface area contributed by atoms with Crippen LogP contribution in [-0.4, -0.2) is 31.1 Å². The minimum atomic E-state index is -0.142. The van der Waals surface area contributed by atoms with Gasteiger partial charge < -0.3 is 10.1 Å². The summed E-state index contributed by atoms with van der Waals surface area (Å²) in [5, 5.41) is 14.4. The second kappa shape index (κ2) is 8.19. The van der Waals surface area contributed by atoms with Gasteiger partial charge in [0.15, 0.2) is 5.82 Å². The molecule has 0 saturated carbocycles. The molecule has 1 aromatic carbocycles. The smallest absolute Gasteiger partial charge is 0.251 e. The van der Waals surface area contributed by atoms with E-state index in [0.29, 0.717) is 23.7 Å². The Balaban J connectivity index is 1.54. The zero-order valence-corrected chi connectivity index (χ0v) is 14.7. The van der Waals surface area contributed by atoms with E-state index in [2.05, 4.69) is 25.8 Å². The topological polar surface area (TPSA) is 94.8 Å². The van der Waals surface area contributed by atoms with Crippen molar-refractivity contribution < 1.29 is 9.53 Å². The first-order valence-corrected chi connectivity index (χ1v) is 8.30. The number of nitrogens with one attached hydrogen (secondary N) is 1. The molecule has 0 bridgehead atoms. The van der Waals surface area contributed by atoms with Crippen LogP contribution in [0.15, 0.2) is 48.8 Å². The molecule has 0 aliphatic rings. The van der Waals surface area contributed by atoms with E-state index < -0.39 is 0 Å². The summed E-state index contributed by atoms with van der Waals surface area (Å²) in [6, 6.07) is 10.8. The monoisotopic (exact) mass is 352 g/mol. The largest absolute Gasteiger partial charge is 0.486 e. The maximum Gasteiger partial charge on any atom is 0.251 e. The highest BCUT2D eigenvalue weighted by atomic mass is 16.5. The lowest BCUT2D eigenvalue weighted by molar-refractivity contribution is 0.0951. The fraction of sp³-hybridized carbons (Fsp3) is 0.278. The average Bonchev–Trinajstić information content (AvgIpc) is 3.15. The zero-order chi connectivity index (χ0) is 18.4. The lowest BCUT2D eigenvalue weighted by Crippen LogP contribution is -2.22. The number of hydrogen-bond donors (Lipinski definition) is 1. The van der Waals surface area contributed by atoms with Crippen LogP contribution in [0.25, 0.3) is 0 Å². The van der Waals surface area contributed by atoms with Gasteiger partial charge in [-0.1, -0.05) is 0 Å². The molecule has 2 aromatic heterocycles. The number of carbonyl (C=O) groups is 1. The number of benzene rings is 1. The molecule has 8 heteroatoms. The number of nitrogens with zero attached hydrogens (tertiary/aromatic N) is 5. The molecule has 26 heavy (non-hydrogen) atoms. The summed E-state index contributed by atoms with van der Waals surface area (Å²) in [5.41, 5.74) is 1.56. The van der Waals surface area contributed by atoms with Crippen molar-refractivity contribution in [2.75, 3.05) is 0 Å². The molecule has 0 fully saturated rings. The Morgan fingerprint density at radius 1 is 1.15 bits per heavy atom. The molecule has 0 saturated heterocycles. The highest BCUT2D eigenvalue weighted by Gasteiger charge is 2.10. The van der Waals surface area contributed by atoms with Gasteiger partial charge in [-0.15, -0.1) is 5.10 Å². The molecule has 0 radical (unpaired) electrons. The first-order valence-electron chi connectivity index (χ1n) is 8.30. The van der Waals surface area contributed by atoms with Crippen molar-refractivity contribution >= 4 is 5.91 Å². The highest BCUT2D eigenvalue weighted by Crippen LogP contribution is 2.14. The van der Waals surface area contributed by atoms with Crippen molar-refractivity contribution in [3.63, 3.8) is 0 Å². The Hall–Kier alpha value is -3.29. The second-order valence-corrected chi connectivity index (χ2v) is 5.98. The zero-order valence-electron chi connectivity index (χ0n) is 14.7. The minimum absolute atomic E-state index is 0.142. The van der Waals surface area contributed by atoms with E-state index in [0.717, 1.165) is 5.56 Å². The maximum absolute atomic E-state index is 12.2.